The van der Waals surface area contributed by atoms with Crippen molar-refractivity contribution in [3.63, 3.8) is 0 Å². The van der Waals surface area contributed by atoms with Crippen LogP contribution in [0.15, 0.2) is 60.0 Å². The van der Waals surface area contributed by atoms with Crippen molar-refractivity contribution in [2.45, 2.75) is 0 Å². The Hall–Kier alpha value is -2.73. The standard InChI is InChI=1S/C15H11N3O2S/c16-15-17(12-6-8-13(9-7-12)18(19)20)14(10-21-15)11-4-2-1-3-5-11/h1-10,16H. The molecule has 0 saturated carbocycles. The monoisotopic (exact) mass is 297 g/mol. The van der Waals surface area contributed by atoms with Crippen LogP contribution < -0.4 is 4.80 Å². The van der Waals surface area contributed by atoms with Crippen molar-refractivity contribution in [1.82, 2.24) is 4.57 Å². The van der Waals surface area contributed by atoms with Crippen LogP contribution in [-0.4, -0.2) is 9.49 Å². The summed E-state index contributed by atoms with van der Waals surface area (Å²) in [7, 11) is 0. The minimum atomic E-state index is -0.429. The first-order chi connectivity index (χ1) is 10.2. The van der Waals surface area contributed by atoms with Crippen LogP contribution in [0.5, 0.6) is 0 Å². The summed E-state index contributed by atoms with van der Waals surface area (Å²) in [6, 6.07) is 16.0. The van der Waals surface area contributed by atoms with Gasteiger partial charge in [0.15, 0.2) is 4.80 Å². The Morgan fingerprint density at radius 1 is 1.05 bits per heavy atom. The van der Waals surface area contributed by atoms with Crippen LogP contribution in [0, 0.1) is 15.5 Å². The maximum atomic E-state index is 10.7. The molecule has 0 fully saturated rings. The van der Waals surface area contributed by atoms with Crippen molar-refractivity contribution in [2.24, 2.45) is 0 Å². The first-order valence-corrected chi connectivity index (χ1v) is 7.10. The summed E-state index contributed by atoms with van der Waals surface area (Å²) in [5.74, 6) is 0. The highest BCUT2D eigenvalue weighted by molar-refractivity contribution is 7.07. The van der Waals surface area contributed by atoms with Crippen LogP contribution in [0.3, 0.4) is 0 Å². The Bertz CT molecular complexity index is 835. The number of rotatable bonds is 3. The van der Waals surface area contributed by atoms with Crippen LogP contribution in [0.4, 0.5) is 5.69 Å². The van der Waals surface area contributed by atoms with Crippen molar-refractivity contribution in [1.29, 1.82) is 5.41 Å². The molecule has 3 rings (SSSR count). The predicted octanol–water partition coefficient (Wildman–Crippen LogP) is 3.59. The number of nitrogens with one attached hydrogen (secondary N) is 1. The van der Waals surface area contributed by atoms with Gasteiger partial charge in [-0.05, 0) is 17.7 Å². The zero-order chi connectivity index (χ0) is 14.8. The number of benzene rings is 2. The van der Waals surface area contributed by atoms with E-state index in [0.29, 0.717) is 4.80 Å². The largest absolute Gasteiger partial charge is 0.286 e. The first-order valence-electron chi connectivity index (χ1n) is 6.22. The molecule has 2 aromatic carbocycles. The van der Waals surface area contributed by atoms with Gasteiger partial charge < -0.3 is 0 Å². The van der Waals surface area contributed by atoms with Gasteiger partial charge in [0, 0.05) is 23.2 Å². The fourth-order valence-electron chi connectivity index (χ4n) is 2.11. The predicted molar refractivity (Wildman–Crippen MR) is 81.6 cm³/mol. The molecule has 0 aliphatic carbocycles. The normalized spacial score (nSPS) is 10.5. The van der Waals surface area contributed by atoms with Crippen LogP contribution >= 0.6 is 11.3 Å². The lowest BCUT2D eigenvalue weighted by atomic mass is 10.1. The molecule has 5 nitrogen and oxygen atoms in total. The number of aromatic nitrogens is 1. The smallest absolute Gasteiger partial charge is 0.269 e. The molecule has 0 aliphatic rings. The molecule has 3 aromatic rings. The zero-order valence-corrected chi connectivity index (χ0v) is 11.7. The van der Waals surface area contributed by atoms with E-state index in [9.17, 15) is 10.1 Å². The highest BCUT2D eigenvalue weighted by Crippen LogP contribution is 2.24. The summed E-state index contributed by atoms with van der Waals surface area (Å²) >= 11 is 1.33. The number of nitrogens with zero attached hydrogens (tertiary/aromatic N) is 2. The maximum absolute atomic E-state index is 10.7. The van der Waals surface area contributed by atoms with E-state index in [0.717, 1.165) is 16.9 Å². The van der Waals surface area contributed by atoms with E-state index in [1.165, 1.54) is 23.5 Å². The Morgan fingerprint density at radius 3 is 2.33 bits per heavy atom. The average Bonchev–Trinajstić information content (AvgIpc) is 2.90. The molecule has 0 amide bonds. The van der Waals surface area contributed by atoms with Gasteiger partial charge in [-0.1, -0.05) is 30.3 Å². The fraction of sp³-hybridized carbons (Fsp3) is 0. The lowest BCUT2D eigenvalue weighted by Crippen LogP contribution is -2.12. The molecule has 21 heavy (non-hydrogen) atoms. The van der Waals surface area contributed by atoms with Crippen molar-refractivity contribution < 1.29 is 4.92 Å². The number of thiazole rings is 1. The molecule has 104 valence electrons. The summed E-state index contributed by atoms with van der Waals surface area (Å²) in [6.45, 7) is 0. The molecule has 6 heteroatoms. The highest BCUT2D eigenvalue weighted by atomic mass is 32.1. The number of nitro benzene ring substituents is 1. The van der Waals surface area contributed by atoms with E-state index in [2.05, 4.69) is 0 Å². The molecule has 1 heterocycles. The molecule has 0 radical (unpaired) electrons. The second-order valence-electron chi connectivity index (χ2n) is 4.40. The maximum Gasteiger partial charge on any atom is 0.269 e. The van der Waals surface area contributed by atoms with Gasteiger partial charge in [0.25, 0.3) is 5.69 Å². The van der Waals surface area contributed by atoms with Gasteiger partial charge in [-0.25, -0.2) is 0 Å². The zero-order valence-electron chi connectivity index (χ0n) is 10.9. The Balaban J connectivity index is 2.13. The van der Waals surface area contributed by atoms with Crippen molar-refractivity contribution in [3.8, 4) is 16.9 Å². The third-order valence-corrected chi connectivity index (χ3v) is 3.86. The molecule has 1 aromatic heterocycles. The summed E-state index contributed by atoms with van der Waals surface area (Å²) in [4.78, 5) is 10.7. The summed E-state index contributed by atoms with van der Waals surface area (Å²) in [5.41, 5.74) is 2.69. The molecule has 0 spiro atoms. The van der Waals surface area contributed by atoms with Crippen LogP contribution in [0.2, 0.25) is 0 Å². The van der Waals surface area contributed by atoms with Gasteiger partial charge in [0.2, 0.25) is 0 Å². The van der Waals surface area contributed by atoms with E-state index in [4.69, 9.17) is 5.41 Å². The molecule has 0 unspecified atom stereocenters. The Labute approximate surface area is 124 Å². The second kappa shape index (κ2) is 5.34. The Morgan fingerprint density at radius 2 is 1.71 bits per heavy atom. The van der Waals surface area contributed by atoms with Crippen LogP contribution in [0.25, 0.3) is 16.9 Å². The SMILES string of the molecule is N=c1scc(-c2ccccc2)n1-c1ccc([N+](=O)[O-])cc1. The first kappa shape index (κ1) is 13.3. The van der Waals surface area contributed by atoms with Gasteiger partial charge in [-0.3, -0.25) is 20.1 Å². The van der Waals surface area contributed by atoms with Gasteiger partial charge >= 0.3 is 0 Å². The van der Waals surface area contributed by atoms with Crippen molar-refractivity contribution in [2.75, 3.05) is 0 Å². The molecule has 0 bridgehead atoms. The number of non-ortho nitro benzene ring substituents is 1. The van der Waals surface area contributed by atoms with Crippen LogP contribution in [-0.2, 0) is 0 Å². The summed E-state index contributed by atoms with van der Waals surface area (Å²) in [6.07, 6.45) is 0. The second-order valence-corrected chi connectivity index (χ2v) is 5.26. The number of hydrogen-bond donors (Lipinski definition) is 1. The van der Waals surface area contributed by atoms with Crippen molar-refractivity contribution in [3.05, 3.63) is 74.9 Å². The number of hydrogen-bond acceptors (Lipinski definition) is 4. The van der Waals surface area contributed by atoms with Crippen LogP contribution in [0.1, 0.15) is 0 Å². The molecule has 0 saturated heterocycles. The third-order valence-electron chi connectivity index (χ3n) is 3.11. The minimum absolute atomic E-state index is 0.0439. The Kier molecular flexibility index (Phi) is 3.37. The quantitative estimate of drug-likeness (QED) is 0.592. The van der Waals surface area contributed by atoms with Gasteiger partial charge in [-0.2, -0.15) is 0 Å². The van der Waals surface area contributed by atoms with E-state index in [1.807, 2.05) is 35.7 Å². The summed E-state index contributed by atoms with van der Waals surface area (Å²) in [5, 5.41) is 20.7. The van der Waals surface area contributed by atoms with Crippen molar-refractivity contribution >= 4 is 17.0 Å². The lowest BCUT2D eigenvalue weighted by molar-refractivity contribution is -0.384. The van der Waals surface area contributed by atoms with E-state index in [1.54, 1.807) is 16.7 Å². The molecule has 1 N–H and O–H groups in total. The van der Waals surface area contributed by atoms with Gasteiger partial charge in [0.05, 0.1) is 10.6 Å². The fourth-order valence-corrected chi connectivity index (χ4v) is 2.89. The third kappa shape index (κ3) is 2.48. The highest BCUT2D eigenvalue weighted by Gasteiger charge is 2.10. The molecular weight excluding hydrogens is 286 g/mol. The molecule has 0 atom stereocenters. The van der Waals surface area contributed by atoms with Gasteiger partial charge in [0.1, 0.15) is 0 Å². The number of nitro groups is 1. The average molecular weight is 297 g/mol. The van der Waals surface area contributed by atoms with E-state index >= 15 is 0 Å². The molecular formula is C15H11N3O2S. The summed E-state index contributed by atoms with van der Waals surface area (Å²) < 4.78 is 1.78. The van der Waals surface area contributed by atoms with Gasteiger partial charge in [-0.15, -0.1) is 11.3 Å². The topological polar surface area (TPSA) is 71.9 Å². The van der Waals surface area contributed by atoms with E-state index in [-0.39, 0.29) is 5.69 Å². The van der Waals surface area contributed by atoms with E-state index < -0.39 is 4.92 Å². The lowest BCUT2D eigenvalue weighted by Gasteiger charge is -2.08. The minimum Gasteiger partial charge on any atom is -0.286 e. The molecule has 0 aliphatic heterocycles.